The highest BCUT2D eigenvalue weighted by Crippen LogP contribution is 2.24. The number of hydrogen-bond acceptors (Lipinski definition) is 5. The molecule has 1 aliphatic rings. The summed E-state index contributed by atoms with van der Waals surface area (Å²) in [6.45, 7) is 2.12. The molecule has 4 heterocycles. The van der Waals surface area contributed by atoms with Crippen LogP contribution in [0.1, 0.15) is 23.2 Å². The largest absolute Gasteiger partial charge is 0.371 e. The van der Waals surface area contributed by atoms with Gasteiger partial charge in [0.05, 0.1) is 28.3 Å². The quantitative estimate of drug-likeness (QED) is 0.609. The fraction of sp³-hybridized carbons (Fsp3) is 0.200. The van der Waals surface area contributed by atoms with E-state index in [1.54, 1.807) is 23.1 Å². The third-order valence-corrected chi connectivity index (χ3v) is 4.95. The van der Waals surface area contributed by atoms with Crippen LogP contribution in [0.15, 0.2) is 55.1 Å². The minimum absolute atomic E-state index is 0.188. The monoisotopic (exact) mass is 358 g/mol. The second-order valence-corrected chi connectivity index (χ2v) is 6.68. The molecule has 5 rings (SSSR count). The lowest BCUT2D eigenvalue weighted by atomic mass is 10.2. The Morgan fingerprint density at radius 1 is 1.00 bits per heavy atom. The standard InChI is InChI=1S/C20H18N6O/c27-20(24-14-3-4-17-18(11-14)22-7-6-21-17)16-13-23-26-10-5-15(12-19(16)26)25-8-1-2-9-25/h3-7,10-13H,1-2,8-9H2,(H,24,27). The van der Waals surface area contributed by atoms with E-state index in [-0.39, 0.29) is 5.91 Å². The fourth-order valence-electron chi connectivity index (χ4n) is 3.56. The number of carbonyl (C=O) groups is 1. The summed E-state index contributed by atoms with van der Waals surface area (Å²) in [6.07, 6.45) is 9.23. The van der Waals surface area contributed by atoms with Crippen LogP contribution in [0, 0.1) is 0 Å². The third-order valence-electron chi connectivity index (χ3n) is 4.95. The van der Waals surface area contributed by atoms with Crippen molar-refractivity contribution in [3.05, 3.63) is 60.7 Å². The van der Waals surface area contributed by atoms with E-state index in [1.807, 2.05) is 30.5 Å². The van der Waals surface area contributed by atoms with E-state index in [4.69, 9.17) is 0 Å². The van der Waals surface area contributed by atoms with Gasteiger partial charge in [-0.3, -0.25) is 14.8 Å². The van der Waals surface area contributed by atoms with Gasteiger partial charge >= 0.3 is 0 Å². The van der Waals surface area contributed by atoms with Crippen LogP contribution in [0.5, 0.6) is 0 Å². The van der Waals surface area contributed by atoms with Gasteiger partial charge in [0, 0.05) is 43.1 Å². The van der Waals surface area contributed by atoms with Crippen molar-refractivity contribution in [3.8, 4) is 0 Å². The number of hydrogen-bond donors (Lipinski definition) is 1. The molecular formula is C20H18N6O. The minimum Gasteiger partial charge on any atom is -0.371 e. The van der Waals surface area contributed by atoms with Crippen molar-refractivity contribution in [2.45, 2.75) is 12.8 Å². The molecule has 1 aliphatic heterocycles. The number of nitrogens with zero attached hydrogens (tertiary/aromatic N) is 5. The number of benzene rings is 1. The summed E-state index contributed by atoms with van der Waals surface area (Å²) in [4.78, 5) is 23.7. The lowest BCUT2D eigenvalue weighted by Gasteiger charge is -2.17. The van der Waals surface area contributed by atoms with Crippen molar-refractivity contribution in [1.82, 2.24) is 19.6 Å². The first kappa shape index (κ1) is 15.7. The van der Waals surface area contributed by atoms with Gasteiger partial charge in [-0.2, -0.15) is 5.10 Å². The van der Waals surface area contributed by atoms with Crippen LogP contribution in [0.3, 0.4) is 0 Å². The Balaban J connectivity index is 1.46. The molecule has 0 saturated carbocycles. The zero-order chi connectivity index (χ0) is 18.2. The molecule has 4 aromatic rings. The fourth-order valence-corrected chi connectivity index (χ4v) is 3.56. The molecule has 0 unspecified atom stereocenters. The van der Waals surface area contributed by atoms with Gasteiger partial charge < -0.3 is 10.2 Å². The van der Waals surface area contributed by atoms with E-state index in [2.05, 4.69) is 31.3 Å². The number of rotatable bonds is 3. The highest BCUT2D eigenvalue weighted by molar-refractivity contribution is 6.09. The normalized spacial score (nSPS) is 14.1. The molecule has 7 heteroatoms. The molecule has 1 saturated heterocycles. The lowest BCUT2D eigenvalue weighted by Crippen LogP contribution is -2.18. The van der Waals surface area contributed by atoms with Gasteiger partial charge in [-0.15, -0.1) is 0 Å². The van der Waals surface area contributed by atoms with E-state index in [0.29, 0.717) is 11.3 Å². The first-order valence-corrected chi connectivity index (χ1v) is 9.02. The van der Waals surface area contributed by atoms with Crippen LogP contribution >= 0.6 is 0 Å². The van der Waals surface area contributed by atoms with E-state index >= 15 is 0 Å². The van der Waals surface area contributed by atoms with Crippen LogP contribution in [-0.2, 0) is 0 Å². The number of nitrogens with one attached hydrogen (secondary N) is 1. The van der Waals surface area contributed by atoms with Crippen molar-refractivity contribution < 1.29 is 4.79 Å². The molecule has 0 aliphatic carbocycles. The number of amides is 1. The van der Waals surface area contributed by atoms with E-state index in [1.165, 1.54) is 12.8 Å². The van der Waals surface area contributed by atoms with Crippen molar-refractivity contribution in [3.63, 3.8) is 0 Å². The molecule has 1 N–H and O–H groups in total. The van der Waals surface area contributed by atoms with Gasteiger partial charge in [-0.25, -0.2) is 4.52 Å². The van der Waals surface area contributed by atoms with Crippen molar-refractivity contribution >= 4 is 33.8 Å². The maximum Gasteiger partial charge on any atom is 0.259 e. The van der Waals surface area contributed by atoms with Crippen molar-refractivity contribution in [2.75, 3.05) is 23.3 Å². The SMILES string of the molecule is O=C(Nc1ccc2nccnc2c1)c1cnn2ccc(N3CCCC3)cc12. The van der Waals surface area contributed by atoms with Gasteiger partial charge in [0.15, 0.2) is 0 Å². The smallest absolute Gasteiger partial charge is 0.259 e. The molecule has 1 amide bonds. The molecule has 3 aromatic heterocycles. The summed E-state index contributed by atoms with van der Waals surface area (Å²) in [6, 6.07) is 9.59. The van der Waals surface area contributed by atoms with Crippen molar-refractivity contribution in [2.24, 2.45) is 0 Å². The summed E-state index contributed by atoms with van der Waals surface area (Å²) >= 11 is 0. The maximum atomic E-state index is 12.8. The Kier molecular flexibility index (Phi) is 3.71. The summed E-state index contributed by atoms with van der Waals surface area (Å²) in [5.74, 6) is -0.188. The molecule has 0 spiro atoms. The Hall–Kier alpha value is -3.48. The highest BCUT2D eigenvalue weighted by atomic mass is 16.1. The van der Waals surface area contributed by atoms with E-state index < -0.39 is 0 Å². The summed E-state index contributed by atoms with van der Waals surface area (Å²) in [5, 5.41) is 7.26. The summed E-state index contributed by atoms with van der Waals surface area (Å²) < 4.78 is 1.74. The molecule has 0 radical (unpaired) electrons. The molecule has 134 valence electrons. The highest BCUT2D eigenvalue weighted by Gasteiger charge is 2.17. The van der Waals surface area contributed by atoms with E-state index in [0.717, 1.165) is 35.3 Å². The van der Waals surface area contributed by atoms with Crippen molar-refractivity contribution in [1.29, 1.82) is 0 Å². The van der Waals surface area contributed by atoms with Gasteiger partial charge in [-0.05, 0) is 43.2 Å². The van der Waals surface area contributed by atoms with Crippen LogP contribution < -0.4 is 10.2 Å². The van der Waals surface area contributed by atoms with Crippen LogP contribution in [-0.4, -0.2) is 38.6 Å². The molecule has 0 bridgehead atoms. The van der Waals surface area contributed by atoms with Gasteiger partial charge in [0.2, 0.25) is 0 Å². The van der Waals surface area contributed by atoms with Crippen LogP contribution in [0.4, 0.5) is 11.4 Å². The molecule has 1 fully saturated rings. The Morgan fingerprint density at radius 2 is 1.81 bits per heavy atom. The summed E-state index contributed by atoms with van der Waals surface area (Å²) in [5.41, 5.74) is 4.71. The average Bonchev–Trinajstić information content (AvgIpc) is 3.37. The zero-order valence-corrected chi connectivity index (χ0v) is 14.7. The van der Waals surface area contributed by atoms with Crippen LogP contribution in [0.2, 0.25) is 0 Å². The molecule has 27 heavy (non-hydrogen) atoms. The van der Waals surface area contributed by atoms with Gasteiger partial charge in [0.1, 0.15) is 0 Å². The minimum atomic E-state index is -0.188. The summed E-state index contributed by atoms with van der Waals surface area (Å²) in [7, 11) is 0. The number of anilines is 2. The molecular weight excluding hydrogens is 340 g/mol. The molecule has 7 nitrogen and oxygen atoms in total. The number of fused-ring (bicyclic) bond motifs is 2. The maximum absolute atomic E-state index is 12.8. The Labute approximate surface area is 155 Å². The number of aromatic nitrogens is 4. The second-order valence-electron chi connectivity index (χ2n) is 6.68. The first-order chi connectivity index (χ1) is 13.3. The predicted octanol–water partition coefficient (Wildman–Crippen LogP) is 3.13. The third kappa shape index (κ3) is 2.87. The van der Waals surface area contributed by atoms with Gasteiger partial charge in [0.25, 0.3) is 5.91 Å². The Morgan fingerprint density at radius 3 is 2.67 bits per heavy atom. The molecule has 0 atom stereocenters. The predicted molar refractivity (Wildman–Crippen MR) is 104 cm³/mol. The lowest BCUT2D eigenvalue weighted by molar-refractivity contribution is 0.102. The van der Waals surface area contributed by atoms with Crippen LogP contribution in [0.25, 0.3) is 16.6 Å². The average molecular weight is 358 g/mol. The number of pyridine rings is 1. The van der Waals surface area contributed by atoms with E-state index in [9.17, 15) is 4.79 Å². The zero-order valence-electron chi connectivity index (χ0n) is 14.7. The van der Waals surface area contributed by atoms with Gasteiger partial charge in [-0.1, -0.05) is 0 Å². The Bertz CT molecular complexity index is 1150. The molecule has 1 aromatic carbocycles. The topological polar surface area (TPSA) is 75.4 Å². The first-order valence-electron chi connectivity index (χ1n) is 9.02. The second kappa shape index (κ2) is 6.35. The number of carbonyl (C=O) groups excluding carboxylic acids is 1.